The maximum absolute atomic E-state index is 10.7. The second-order valence-electron chi connectivity index (χ2n) is 2.54. The average molecular weight is 247 g/mol. The number of benzene rings is 1. The SMILES string of the molecule is O=[N+]([O-])c1c(Cl)ccc2sc(=S)[nH]c12. The van der Waals surface area contributed by atoms with Crippen LogP contribution in [0.25, 0.3) is 10.2 Å². The summed E-state index contributed by atoms with van der Waals surface area (Å²) in [6, 6.07) is 3.21. The number of hydrogen-bond donors (Lipinski definition) is 1. The molecule has 1 aromatic carbocycles. The van der Waals surface area contributed by atoms with Crippen molar-refractivity contribution in [2.24, 2.45) is 0 Å². The highest BCUT2D eigenvalue weighted by molar-refractivity contribution is 7.73. The first-order valence-electron chi connectivity index (χ1n) is 3.55. The van der Waals surface area contributed by atoms with Gasteiger partial charge in [-0.25, -0.2) is 0 Å². The van der Waals surface area contributed by atoms with Gasteiger partial charge in [0.1, 0.15) is 10.5 Å². The number of nitro groups is 1. The zero-order chi connectivity index (χ0) is 10.3. The number of H-pyrrole nitrogens is 1. The Morgan fingerprint density at radius 1 is 1.57 bits per heavy atom. The van der Waals surface area contributed by atoms with E-state index in [-0.39, 0.29) is 10.7 Å². The largest absolute Gasteiger partial charge is 0.331 e. The van der Waals surface area contributed by atoms with Crippen molar-refractivity contribution in [2.75, 3.05) is 0 Å². The van der Waals surface area contributed by atoms with Crippen molar-refractivity contribution < 1.29 is 4.92 Å². The van der Waals surface area contributed by atoms with Gasteiger partial charge < -0.3 is 4.98 Å². The Labute approximate surface area is 92.3 Å². The van der Waals surface area contributed by atoms with Gasteiger partial charge in [-0.15, -0.1) is 11.3 Å². The molecule has 0 aliphatic carbocycles. The number of nitrogens with one attached hydrogen (secondary N) is 1. The van der Waals surface area contributed by atoms with Gasteiger partial charge >= 0.3 is 5.69 Å². The lowest BCUT2D eigenvalue weighted by Crippen LogP contribution is -1.90. The van der Waals surface area contributed by atoms with E-state index in [0.717, 1.165) is 4.70 Å². The van der Waals surface area contributed by atoms with Crippen molar-refractivity contribution >= 4 is 51.1 Å². The summed E-state index contributed by atoms with van der Waals surface area (Å²) < 4.78 is 1.25. The van der Waals surface area contributed by atoms with E-state index in [1.807, 2.05) is 0 Å². The Hall–Kier alpha value is -0.980. The maximum Gasteiger partial charge on any atom is 0.312 e. The first-order chi connectivity index (χ1) is 6.59. The molecule has 0 spiro atoms. The van der Waals surface area contributed by atoms with E-state index in [4.69, 9.17) is 23.8 Å². The fourth-order valence-electron chi connectivity index (χ4n) is 1.16. The van der Waals surface area contributed by atoms with Crippen molar-refractivity contribution in [1.82, 2.24) is 4.98 Å². The number of fused-ring (bicyclic) bond motifs is 1. The topological polar surface area (TPSA) is 58.9 Å². The summed E-state index contributed by atoms with van der Waals surface area (Å²) in [5.74, 6) is 0. The lowest BCUT2D eigenvalue weighted by atomic mass is 10.3. The van der Waals surface area contributed by atoms with Crippen LogP contribution in [0.5, 0.6) is 0 Å². The van der Waals surface area contributed by atoms with Gasteiger partial charge in [-0.2, -0.15) is 0 Å². The molecule has 0 amide bonds. The molecule has 0 aliphatic heterocycles. The van der Waals surface area contributed by atoms with Crippen molar-refractivity contribution in [2.45, 2.75) is 0 Å². The molecule has 1 aromatic heterocycles. The van der Waals surface area contributed by atoms with Crippen LogP contribution in [0.1, 0.15) is 0 Å². The van der Waals surface area contributed by atoms with E-state index < -0.39 is 4.92 Å². The van der Waals surface area contributed by atoms with Crippen molar-refractivity contribution in [1.29, 1.82) is 0 Å². The standard InChI is InChI=1S/C7H3ClN2O2S2/c8-3-1-2-4-5(6(3)10(11)12)9-7(13)14-4/h1-2H,(H,9,13). The molecule has 0 saturated heterocycles. The summed E-state index contributed by atoms with van der Waals surface area (Å²) in [5, 5.41) is 10.8. The van der Waals surface area contributed by atoms with Crippen molar-refractivity contribution in [3.05, 3.63) is 31.2 Å². The van der Waals surface area contributed by atoms with Gasteiger partial charge in [0.2, 0.25) is 0 Å². The average Bonchev–Trinajstić information content (AvgIpc) is 2.43. The molecule has 0 bridgehead atoms. The molecule has 0 saturated carbocycles. The molecule has 14 heavy (non-hydrogen) atoms. The third-order valence-corrected chi connectivity index (χ3v) is 3.21. The van der Waals surface area contributed by atoms with Gasteiger partial charge in [0.25, 0.3) is 0 Å². The molecule has 4 nitrogen and oxygen atoms in total. The molecule has 72 valence electrons. The number of thiazole rings is 1. The smallest absolute Gasteiger partial charge is 0.312 e. The van der Waals surface area contributed by atoms with Crippen LogP contribution in [0.3, 0.4) is 0 Å². The van der Waals surface area contributed by atoms with Crippen molar-refractivity contribution in [3.63, 3.8) is 0 Å². The van der Waals surface area contributed by atoms with E-state index in [0.29, 0.717) is 9.47 Å². The number of nitrogens with zero attached hydrogens (tertiary/aromatic N) is 1. The number of rotatable bonds is 1. The number of hydrogen-bond acceptors (Lipinski definition) is 4. The summed E-state index contributed by atoms with van der Waals surface area (Å²) in [5.41, 5.74) is 0.286. The van der Waals surface area contributed by atoms with E-state index in [1.54, 1.807) is 6.07 Å². The molecule has 2 rings (SSSR count). The van der Waals surface area contributed by atoms with Crippen LogP contribution in [0.2, 0.25) is 5.02 Å². The predicted octanol–water partition coefficient (Wildman–Crippen LogP) is 3.52. The number of halogens is 1. The summed E-state index contributed by atoms with van der Waals surface area (Å²) in [6.45, 7) is 0. The van der Waals surface area contributed by atoms with Crippen LogP contribution in [0.4, 0.5) is 5.69 Å². The molecule has 1 N–H and O–H groups in total. The first-order valence-corrected chi connectivity index (χ1v) is 5.15. The minimum Gasteiger partial charge on any atom is -0.331 e. The zero-order valence-electron chi connectivity index (χ0n) is 6.61. The van der Waals surface area contributed by atoms with Gasteiger partial charge in [-0.3, -0.25) is 10.1 Å². The summed E-state index contributed by atoms with van der Waals surface area (Å²) in [6.07, 6.45) is 0. The number of nitro benzene ring substituents is 1. The lowest BCUT2D eigenvalue weighted by molar-refractivity contribution is -0.383. The molecule has 0 radical (unpaired) electrons. The van der Waals surface area contributed by atoms with Gasteiger partial charge in [-0.1, -0.05) is 11.6 Å². The molecule has 1 heterocycles. The third kappa shape index (κ3) is 1.41. The molecule has 2 aromatic rings. The van der Waals surface area contributed by atoms with Crippen molar-refractivity contribution in [3.8, 4) is 0 Å². The second kappa shape index (κ2) is 3.30. The molecule has 0 atom stereocenters. The highest BCUT2D eigenvalue weighted by atomic mass is 35.5. The molecule has 0 aliphatic rings. The fourth-order valence-corrected chi connectivity index (χ4v) is 2.50. The van der Waals surface area contributed by atoms with Crippen LogP contribution in [-0.2, 0) is 0 Å². The van der Waals surface area contributed by atoms with E-state index in [1.165, 1.54) is 17.4 Å². The Balaban J connectivity index is 2.95. The van der Waals surface area contributed by atoms with E-state index in [9.17, 15) is 10.1 Å². The summed E-state index contributed by atoms with van der Waals surface area (Å²) in [4.78, 5) is 13.0. The highest BCUT2D eigenvalue weighted by Gasteiger charge is 2.18. The summed E-state index contributed by atoms with van der Waals surface area (Å²) >= 11 is 11.9. The zero-order valence-corrected chi connectivity index (χ0v) is 9.00. The Morgan fingerprint density at radius 2 is 2.29 bits per heavy atom. The normalized spacial score (nSPS) is 10.6. The van der Waals surface area contributed by atoms with Crippen LogP contribution >= 0.6 is 35.2 Å². The van der Waals surface area contributed by atoms with E-state index >= 15 is 0 Å². The molecule has 7 heteroatoms. The lowest BCUT2D eigenvalue weighted by Gasteiger charge is -1.95. The molecular weight excluding hydrogens is 244 g/mol. The molecule has 0 fully saturated rings. The number of aromatic amines is 1. The van der Waals surface area contributed by atoms with Crippen LogP contribution < -0.4 is 0 Å². The maximum atomic E-state index is 10.7. The first kappa shape index (κ1) is 9.57. The number of aromatic nitrogens is 1. The Morgan fingerprint density at radius 3 is 2.93 bits per heavy atom. The molecule has 0 unspecified atom stereocenters. The highest BCUT2D eigenvalue weighted by Crippen LogP contribution is 2.34. The van der Waals surface area contributed by atoms with E-state index in [2.05, 4.69) is 4.98 Å². The van der Waals surface area contributed by atoms with Crippen LogP contribution in [0.15, 0.2) is 12.1 Å². The summed E-state index contributed by atoms with van der Waals surface area (Å²) in [7, 11) is 0. The van der Waals surface area contributed by atoms with Gasteiger partial charge in [0.05, 0.1) is 9.62 Å². The van der Waals surface area contributed by atoms with Crippen LogP contribution in [-0.4, -0.2) is 9.91 Å². The monoisotopic (exact) mass is 246 g/mol. The van der Waals surface area contributed by atoms with Gasteiger partial charge in [0.15, 0.2) is 3.95 Å². The van der Waals surface area contributed by atoms with Gasteiger partial charge in [-0.05, 0) is 24.4 Å². The minimum absolute atomic E-state index is 0.114. The predicted molar refractivity (Wildman–Crippen MR) is 58.7 cm³/mol. The minimum atomic E-state index is -0.511. The Kier molecular flexibility index (Phi) is 2.26. The Bertz CT molecular complexity index is 575. The second-order valence-corrected chi connectivity index (χ2v) is 4.67. The molecular formula is C7H3ClN2O2S2. The fraction of sp³-hybridized carbons (Fsp3) is 0. The third-order valence-electron chi connectivity index (χ3n) is 1.70. The quantitative estimate of drug-likeness (QED) is 0.476. The van der Waals surface area contributed by atoms with Crippen LogP contribution in [0, 0.1) is 14.1 Å². The van der Waals surface area contributed by atoms with Gasteiger partial charge in [0, 0.05) is 0 Å².